The van der Waals surface area contributed by atoms with Crippen molar-refractivity contribution in [3.63, 3.8) is 0 Å². The number of amides is 1. The van der Waals surface area contributed by atoms with Crippen LogP contribution < -0.4 is 5.73 Å². The van der Waals surface area contributed by atoms with Crippen LogP contribution in [0.4, 0.5) is 5.69 Å². The van der Waals surface area contributed by atoms with Crippen molar-refractivity contribution in [2.24, 2.45) is 5.92 Å². The fourth-order valence-corrected chi connectivity index (χ4v) is 2.45. The quantitative estimate of drug-likeness (QED) is 0.821. The summed E-state index contributed by atoms with van der Waals surface area (Å²) in [5.41, 5.74) is 8.09. The van der Waals surface area contributed by atoms with E-state index in [4.69, 9.17) is 5.73 Å². The van der Waals surface area contributed by atoms with Gasteiger partial charge in [-0.3, -0.25) is 9.48 Å². The Kier molecular flexibility index (Phi) is 3.80. The molecular weight excluding hydrogens is 244 g/mol. The van der Waals surface area contributed by atoms with Gasteiger partial charge in [0.15, 0.2) is 0 Å². The number of nitrogens with zero attached hydrogens (tertiary/aromatic N) is 3. The Labute approximate surface area is 113 Å². The molecule has 0 aromatic carbocycles. The van der Waals surface area contributed by atoms with Gasteiger partial charge in [0.2, 0.25) is 5.91 Å². The number of aromatic nitrogens is 2. The average Bonchev–Trinajstić information content (AvgIpc) is 2.55. The summed E-state index contributed by atoms with van der Waals surface area (Å²) in [6.07, 6.45) is 1.42. The van der Waals surface area contributed by atoms with Gasteiger partial charge in [-0.1, -0.05) is 0 Å². The lowest BCUT2D eigenvalue weighted by Gasteiger charge is -2.34. The Balaban J connectivity index is 1.91. The van der Waals surface area contributed by atoms with Gasteiger partial charge in [-0.25, -0.2) is 0 Å². The number of hydrogen-bond acceptors (Lipinski definition) is 4. The highest BCUT2D eigenvalue weighted by Gasteiger charge is 2.29. The highest BCUT2D eigenvalue weighted by molar-refractivity contribution is 5.76. The number of nitrogens with two attached hydrogens (primary N) is 1. The third-order valence-electron chi connectivity index (χ3n) is 3.89. The normalized spacial score (nSPS) is 22.1. The third kappa shape index (κ3) is 2.89. The number of carbonyl (C=O) groups is 1. The van der Waals surface area contributed by atoms with E-state index in [-0.39, 0.29) is 18.6 Å². The average molecular weight is 266 g/mol. The number of hydrogen-bond donors (Lipinski definition) is 2. The van der Waals surface area contributed by atoms with E-state index in [0.29, 0.717) is 18.2 Å². The molecule has 19 heavy (non-hydrogen) atoms. The summed E-state index contributed by atoms with van der Waals surface area (Å²) in [6.45, 7) is 4.62. The zero-order chi connectivity index (χ0) is 14.2. The number of likely N-dealkylation sites (N-methyl/N-ethyl adjacent to an activating group) is 1. The van der Waals surface area contributed by atoms with Crippen molar-refractivity contribution in [1.29, 1.82) is 0 Å². The van der Waals surface area contributed by atoms with Crippen LogP contribution in [0.25, 0.3) is 0 Å². The van der Waals surface area contributed by atoms with Crippen molar-refractivity contribution in [2.75, 3.05) is 19.3 Å². The predicted octanol–water partition coefficient (Wildman–Crippen LogP) is 0.311. The molecule has 1 amide bonds. The molecule has 1 saturated carbocycles. The highest BCUT2D eigenvalue weighted by Crippen LogP contribution is 2.27. The molecule has 6 nitrogen and oxygen atoms in total. The molecule has 0 atom stereocenters. The van der Waals surface area contributed by atoms with Crippen molar-refractivity contribution < 1.29 is 9.90 Å². The molecule has 1 aliphatic carbocycles. The smallest absolute Gasteiger partial charge is 0.244 e. The predicted molar refractivity (Wildman–Crippen MR) is 72.5 cm³/mol. The van der Waals surface area contributed by atoms with E-state index in [1.165, 1.54) is 0 Å². The van der Waals surface area contributed by atoms with Crippen molar-refractivity contribution in [1.82, 2.24) is 14.7 Å². The van der Waals surface area contributed by atoms with Gasteiger partial charge in [0.25, 0.3) is 0 Å². The van der Waals surface area contributed by atoms with Crippen LogP contribution in [0.1, 0.15) is 24.2 Å². The van der Waals surface area contributed by atoms with Gasteiger partial charge in [0, 0.05) is 13.6 Å². The Morgan fingerprint density at radius 3 is 2.63 bits per heavy atom. The van der Waals surface area contributed by atoms with E-state index in [1.54, 1.807) is 16.6 Å². The molecule has 1 aromatic heterocycles. The van der Waals surface area contributed by atoms with Crippen LogP contribution in [0.3, 0.4) is 0 Å². The lowest BCUT2D eigenvalue weighted by atomic mass is 9.82. The first-order valence-corrected chi connectivity index (χ1v) is 6.60. The zero-order valence-electron chi connectivity index (χ0n) is 11.8. The van der Waals surface area contributed by atoms with Gasteiger partial charge >= 0.3 is 0 Å². The molecule has 1 aliphatic rings. The number of aryl methyl sites for hydroxylation is 1. The monoisotopic (exact) mass is 266 g/mol. The summed E-state index contributed by atoms with van der Waals surface area (Å²) in [6, 6.07) is 0. The largest absolute Gasteiger partial charge is 0.396 e. The second-order valence-electron chi connectivity index (χ2n) is 5.51. The van der Waals surface area contributed by atoms with Gasteiger partial charge < -0.3 is 15.7 Å². The minimum Gasteiger partial charge on any atom is -0.396 e. The second-order valence-corrected chi connectivity index (χ2v) is 5.51. The van der Waals surface area contributed by atoms with Crippen molar-refractivity contribution >= 4 is 11.6 Å². The minimum absolute atomic E-state index is 0.0204. The fraction of sp³-hybridized carbons (Fsp3) is 0.692. The maximum atomic E-state index is 12.1. The number of nitrogen functional groups attached to an aromatic ring is 1. The van der Waals surface area contributed by atoms with Crippen LogP contribution >= 0.6 is 0 Å². The molecule has 3 N–H and O–H groups in total. The minimum atomic E-state index is -0.177. The number of aliphatic hydroxyl groups excluding tert-OH is 1. The topological polar surface area (TPSA) is 84.4 Å². The number of carbonyl (C=O) groups excluding carboxylic acids is 1. The van der Waals surface area contributed by atoms with Crippen LogP contribution in [0.15, 0.2) is 0 Å². The molecule has 0 bridgehead atoms. The Morgan fingerprint density at radius 1 is 1.53 bits per heavy atom. The molecule has 0 unspecified atom stereocenters. The van der Waals surface area contributed by atoms with E-state index < -0.39 is 0 Å². The first kappa shape index (κ1) is 13.9. The SMILES string of the molecule is Cc1nn(CC(=O)N(C)CC2CC(O)C2)c(C)c1N. The molecular formula is C13H22N4O2. The second kappa shape index (κ2) is 5.21. The van der Waals surface area contributed by atoms with Crippen LogP contribution in [-0.4, -0.2) is 45.4 Å². The van der Waals surface area contributed by atoms with Crippen LogP contribution in [0.2, 0.25) is 0 Å². The van der Waals surface area contributed by atoms with Gasteiger partial charge in [0.05, 0.1) is 23.2 Å². The summed E-state index contributed by atoms with van der Waals surface area (Å²) in [4.78, 5) is 13.8. The fourth-order valence-electron chi connectivity index (χ4n) is 2.45. The summed E-state index contributed by atoms with van der Waals surface area (Å²) < 4.78 is 1.65. The van der Waals surface area contributed by atoms with Gasteiger partial charge in [-0.2, -0.15) is 5.10 Å². The number of aliphatic hydroxyl groups is 1. The molecule has 1 heterocycles. The third-order valence-corrected chi connectivity index (χ3v) is 3.89. The molecule has 0 aliphatic heterocycles. The van der Waals surface area contributed by atoms with E-state index in [1.807, 2.05) is 13.8 Å². The number of anilines is 1. The zero-order valence-corrected chi connectivity index (χ0v) is 11.8. The summed E-state index contributed by atoms with van der Waals surface area (Å²) in [5, 5.41) is 13.5. The van der Waals surface area contributed by atoms with E-state index in [0.717, 1.165) is 24.2 Å². The molecule has 0 radical (unpaired) electrons. The Morgan fingerprint density at radius 2 is 2.16 bits per heavy atom. The molecule has 0 spiro atoms. The number of rotatable bonds is 4. The highest BCUT2D eigenvalue weighted by atomic mass is 16.3. The first-order chi connectivity index (χ1) is 8.88. The first-order valence-electron chi connectivity index (χ1n) is 6.60. The lowest BCUT2D eigenvalue weighted by Crippen LogP contribution is -2.40. The summed E-state index contributed by atoms with van der Waals surface area (Å²) >= 11 is 0. The van der Waals surface area contributed by atoms with E-state index >= 15 is 0 Å². The lowest BCUT2D eigenvalue weighted by molar-refractivity contribution is -0.132. The van der Waals surface area contributed by atoms with E-state index in [9.17, 15) is 9.90 Å². The molecule has 0 saturated heterocycles. The van der Waals surface area contributed by atoms with Crippen molar-refractivity contribution in [3.05, 3.63) is 11.4 Å². The molecule has 1 aromatic rings. The Hall–Kier alpha value is -1.56. The van der Waals surface area contributed by atoms with Crippen molar-refractivity contribution in [3.8, 4) is 0 Å². The van der Waals surface area contributed by atoms with Crippen LogP contribution in [0, 0.1) is 19.8 Å². The van der Waals surface area contributed by atoms with Gasteiger partial charge in [0.1, 0.15) is 6.54 Å². The van der Waals surface area contributed by atoms with Gasteiger partial charge in [-0.05, 0) is 32.6 Å². The standard InChI is InChI=1S/C13H22N4O2/c1-8-13(14)9(2)17(15-8)7-12(19)16(3)6-10-4-11(18)5-10/h10-11,18H,4-7,14H2,1-3H3. The molecule has 6 heteroatoms. The Bertz CT molecular complexity index is 477. The maximum Gasteiger partial charge on any atom is 0.244 e. The maximum absolute atomic E-state index is 12.1. The van der Waals surface area contributed by atoms with Gasteiger partial charge in [-0.15, -0.1) is 0 Å². The van der Waals surface area contributed by atoms with E-state index in [2.05, 4.69) is 5.10 Å². The molecule has 106 valence electrons. The molecule has 1 fully saturated rings. The summed E-state index contributed by atoms with van der Waals surface area (Å²) in [5.74, 6) is 0.446. The summed E-state index contributed by atoms with van der Waals surface area (Å²) in [7, 11) is 1.79. The molecule has 2 rings (SSSR count). The van der Waals surface area contributed by atoms with Crippen LogP contribution in [-0.2, 0) is 11.3 Å². The van der Waals surface area contributed by atoms with Crippen LogP contribution in [0.5, 0.6) is 0 Å². The van der Waals surface area contributed by atoms with Crippen molar-refractivity contribution in [2.45, 2.75) is 39.3 Å².